The average Bonchev–Trinajstić information content (AvgIpc) is 3.22. The second kappa shape index (κ2) is 8.87. The average molecular weight is 392 g/mol. The van der Waals surface area contributed by atoms with E-state index in [2.05, 4.69) is 9.80 Å². The fourth-order valence-corrected chi connectivity index (χ4v) is 5.07. The third-order valence-electron chi connectivity index (χ3n) is 6.83. The van der Waals surface area contributed by atoms with Gasteiger partial charge in [-0.15, -0.1) is 0 Å². The van der Waals surface area contributed by atoms with Crippen molar-refractivity contribution in [1.29, 1.82) is 0 Å². The van der Waals surface area contributed by atoms with E-state index in [1.165, 1.54) is 6.07 Å². The maximum Gasteiger partial charge on any atom is 0.225 e. The number of carbonyl (C=O) groups excluding carboxylic acids is 1. The Hall–Kier alpha value is -1.53. The number of benzene rings is 1. The smallest absolute Gasteiger partial charge is 0.225 e. The molecule has 28 heavy (non-hydrogen) atoms. The van der Waals surface area contributed by atoms with E-state index in [-0.39, 0.29) is 5.92 Å². The molecule has 3 aliphatic heterocycles. The van der Waals surface area contributed by atoms with E-state index in [4.69, 9.17) is 4.74 Å². The van der Waals surface area contributed by atoms with Crippen molar-refractivity contribution in [1.82, 2.24) is 9.80 Å². The lowest BCUT2D eigenvalue weighted by atomic mass is 9.83. The summed E-state index contributed by atoms with van der Waals surface area (Å²) in [7, 11) is 0. The number of hydrogen-bond donors (Lipinski definition) is 0. The van der Waals surface area contributed by atoms with Gasteiger partial charge in [-0.05, 0) is 63.1 Å². The molecular weight excluding hydrogens is 362 g/mol. The van der Waals surface area contributed by atoms with E-state index in [1.54, 1.807) is 12.1 Å². The van der Waals surface area contributed by atoms with E-state index in [0.29, 0.717) is 43.1 Å². The number of piperidine rings is 1. The Morgan fingerprint density at radius 3 is 2.46 bits per heavy atom. The van der Waals surface area contributed by atoms with Crippen molar-refractivity contribution in [2.75, 3.05) is 39.4 Å². The topological polar surface area (TPSA) is 32.8 Å². The standard InChI is InChI=1S/C22H30F2N2O2/c23-20-3-1-2-19(21(20)24)14-25-9-4-16(5-10-25)18-6-11-26(15-18)22(27)17-7-12-28-13-8-17/h1-3,16-18H,4-15H2/t18-/m1/s1. The minimum Gasteiger partial charge on any atom is -0.381 e. The molecule has 4 rings (SSSR count). The van der Waals surface area contributed by atoms with Gasteiger partial charge in [-0.3, -0.25) is 9.69 Å². The van der Waals surface area contributed by atoms with Gasteiger partial charge in [0.1, 0.15) is 0 Å². The van der Waals surface area contributed by atoms with Crippen molar-refractivity contribution in [3.63, 3.8) is 0 Å². The van der Waals surface area contributed by atoms with Gasteiger partial charge >= 0.3 is 0 Å². The molecule has 3 aliphatic rings. The summed E-state index contributed by atoms with van der Waals surface area (Å²) in [5.74, 6) is 0.189. The molecule has 4 nitrogen and oxygen atoms in total. The van der Waals surface area contributed by atoms with Crippen LogP contribution in [0.25, 0.3) is 0 Å². The summed E-state index contributed by atoms with van der Waals surface area (Å²) < 4.78 is 32.7. The van der Waals surface area contributed by atoms with Gasteiger partial charge in [0.15, 0.2) is 11.6 Å². The van der Waals surface area contributed by atoms with Crippen LogP contribution in [-0.4, -0.2) is 55.1 Å². The van der Waals surface area contributed by atoms with Crippen molar-refractivity contribution in [3.05, 3.63) is 35.4 Å². The zero-order valence-corrected chi connectivity index (χ0v) is 16.4. The summed E-state index contributed by atoms with van der Waals surface area (Å²) in [5, 5.41) is 0. The van der Waals surface area contributed by atoms with Gasteiger partial charge in [0.2, 0.25) is 5.91 Å². The molecule has 0 spiro atoms. The summed E-state index contributed by atoms with van der Waals surface area (Å²) in [6.07, 6.45) is 4.95. The molecule has 6 heteroatoms. The molecule has 3 heterocycles. The minimum absolute atomic E-state index is 0.149. The van der Waals surface area contributed by atoms with Crippen LogP contribution in [0.1, 0.15) is 37.7 Å². The third-order valence-corrected chi connectivity index (χ3v) is 6.83. The lowest BCUT2D eigenvalue weighted by Crippen LogP contribution is -2.39. The highest BCUT2D eigenvalue weighted by Crippen LogP contribution is 2.33. The first-order valence-corrected chi connectivity index (χ1v) is 10.6. The highest BCUT2D eigenvalue weighted by atomic mass is 19.2. The van der Waals surface area contributed by atoms with Crippen LogP contribution >= 0.6 is 0 Å². The minimum atomic E-state index is -0.771. The lowest BCUT2D eigenvalue weighted by molar-refractivity contribution is -0.137. The van der Waals surface area contributed by atoms with Crippen molar-refractivity contribution in [2.45, 2.75) is 38.6 Å². The third kappa shape index (κ3) is 4.38. The van der Waals surface area contributed by atoms with Gasteiger partial charge in [0.05, 0.1) is 0 Å². The van der Waals surface area contributed by atoms with Gasteiger partial charge in [-0.2, -0.15) is 0 Å². The summed E-state index contributed by atoms with van der Waals surface area (Å²) >= 11 is 0. The highest BCUT2D eigenvalue weighted by molar-refractivity contribution is 5.79. The molecule has 0 N–H and O–H groups in total. The molecule has 154 valence electrons. The molecule has 1 aromatic rings. The Morgan fingerprint density at radius 2 is 1.71 bits per heavy atom. The molecule has 3 saturated heterocycles. The molecule has 3 fully saturated rings. The summed E-state index contributed by atoms with van der Waals surface area (Å²) in [5.41, 5.74) is 0.438. The lowest BCUT2D eigenvalue weighted by Gasteiger charge is -2.35. The van der Waals surface area contributed by atoms with Crippen molar-refractivity contribution >= 4 is 5.91 Å². The SMILES string of the molecule is O=C(C1CCOCC1)N1CC[C@@H](C2CCN(Cc3cccc(F)c3F)CC2)C1. The number of hydrogen-bond acceptors (Lipinski definition) is 3. The quantitative estimate of drug-likeness (QED) is 0.787. The number of ether oxygens (including phenoxy) is 1. The predicted octanol–water partition coefficient (Wildman–Crippen LogP) is 3.45. The van der Waals surface area contributed by atoms with E-state index in [9.17, 15) is 13.6 Å². The fraction of sp³-hybridized carbons (Fsp3) is 0.682. The van der Waals surface area contributed by atoms with Crippen LogP contribution in [0.4, 0.5) is 8.78 Å². The molecule has 0 aromatic heterocycles. The fourth-order valence-electron chi connectivity index (χ4n) is 5.07. The number of rotatable bonds is 4. The summed E-state index contributed by atoms with van der Waals surface area (Å²) in [4.78, 5) is 17.0. The van der Waals surface area contributed by atoms with Crippen LogP contribution in [0.3, 0.4) is 0 Å². The first-order valence-electron chi connectivity index (χ1n) is 10.6. The largest absolute Gasteiger partial charge is 0.381 e. The zero-order chi connectivity index (χ0) is 19.5. The van der Waals surface area contributed by atoms with Gasteiger partial charge in [-0.1, -0.05) is 12.1 Å². The van der Waals surface area contributed by atoms with E-state index in [1.807, 2.05) is 0 Å². The normalized spacial score (nSPS) is 25.4. The van der Waals surface area contributed by atoms with Crippen LogP contribution in [0.5, 0.6) is 0 Å². The highest BCUT2D eigenvalue weighted by Gasteiger charge is 2.36. The molecule has 1 amide bonds. The van der Waals surface area contributed by atoms with Crippen LogP contribution in [0.2, 0.25) is 0 Å². The number of amides is 1. The summed E-state index contributed by atoms with van der Waals surface area (Å²) in [6.45, 7) is 5.47. The molecular formula is C22H30F2N2O2. The van der Waals surface area contributed by atoms with Crippen LogP contribution < -0.4 is 0 Å². The number of likely N-dealkylation sites (tertiary alicyclic amines) is 2. The number of nitrogens with zero attached hydrogens (tertiary/aromatic N) is 2. The Balaban J connectivity index is 1.25. The first-order chi connectivity index (χ1) is 13.6. The van der Waals surface area contributed by atoms with Crippen LogP contribution in [0.15, 0.2) is 18.2 Å². The number of carbonyl (C=O) groups is 1. The second-order valence-electron chi connectivity index (χ2n) is 8.55. The molecule has 0 aliphatic carbocycles. The van der Waals surface area contributed by atoms with Gasteiger partial charge in [-0.25, -0.2) is 8.78 Å². The molecule has 0 saturated carbocycles. The first kappa shape index (κ1) is 19.8. The Kier molecular flexibility index (Phi) is 6.26. The van der Waals surface area contributed by atoms with Gasteiger partial charge in [0, 0.05) is 44.3 Å². The predicted molar refractivity (Wildman–Crippen MR) is 103 cm³/mol. The summed E-state index contributed by atoms with van der Waals surface area (Å²) in [6, 6.07) is 4.41. The monoisotopic (exact) mass is 392 g/mol. The molecule has 0 unspecified atom stereocenters. The Labute approximate surface area is 165 Å². The van der Waals surface area contributed by atoms with Crippen LogP contribution in [0, 0.1) is 29.4 Å². The molecule has 0 bridgehead atoms. The Morgan fingerprint density at radius 1 is 1.00 bits per heavy atom. The van der Waals surface area contributed by atoms with E-state index >= 15 is 0 Å². The van der Waals surface area contributed by atoms with Crippen molar-refractivity contribution < 1.29 is 18.3 Å². The van der Waals surface area contributed by atoms with Gasteiger partial charge in [0.25, 0.3) is 0 Å². The van der Waals surface area contributed by atoms with Crippen LogP contribution in [-0.2, 0) is 16.1 Å². The van der Waals surface area contributed by atoms with Gasteiger partial charge < -0.3 is 9.64 Å². The number of halogens is 2. The zero-order valence-electron chi connectivity index (χ0n) is 16.4. The van der Waals surface area contributed by atoms with Crippen molar-refractivity contribution in [2.24, 2.45) is 17.8 Å². The maximum absolute atomic E-state index is 13.9. The maximum atomic E-state index is 13.9. The Bertz CT molecular complexity index is 685. The van der Waals surface area contributed by atoms with E-state index in [0.717, 1.165) is 58.3 Å². The van der Waals surface area contributed by atoms with E-state index < -0.39 is 11.6 Å². The molecule has 1 aromatic carbocycles. The second-order valence-corrected chi connectivity index (χ2v) is 8.55. The molecule has 0 radical (unpaired) electrons. The van der Waals surface area contributed by atoms with Crippen molar-refractivity contribution in [3.8, 4) is 0 Å². The molecule has 1 atom stereocenters.